The Kier molecular flexibility index (Phi) is 5.60. The summed E-state index contributed by atoms with van der Waals surface area (Å²) in [7, 11) is 0. The van der Waals surface area contributed by atoms with Crippen molar-refractivity contribution in [2.75, 3.05) is 5.32 Å². The Hall–Kier alpha value is -3.64. The Morgan fingerprint density at radius 3 is 2.44 bits per heavy atom. The summed E-state index contributed by atoms with van der Waals surface area (Å²) in [4.78, 5) is 14.0. The van der Waals surface area contributed by atoms with E-state index in [1.54, 1.807) is 23.5 Å². The van der Waals surface area contributed by atoms with Crippen LogP contribution in [-0.2, 0) is 13.0 Å². The maximum absolute atomic E-state index is 13.2. The summed E-state index contributed by atoms with van der Waals surface area (Å²) in [6.07, 6.45) is 0.387. The molecule has 4 aromatic rings. The number of ether oxygens (including phenoxy) is 1. The number of anilines is 1. The number of nitrogens with one attached hydrogen (secondary N) is 2. The van der Waals surface area contributed by atoms with E-state index in [1.807, 2.05) is 48.5 Å². The van der Waals surface area contributed by atoms with Crippen molar-refractivity contribution in [2.45, 2.75) is 19.2 Å². The second-order valence-corrected chi connectivity index (χ2v) is 8.76. The highest BCUT2D eigenvalue weighted by Crippen LogP contribution is 2.37. The van der Waals surface area contributed by atoms with Crippen molar-refractivity contribution in [1.82, 2.24) is 5.32 Å². The van der Waals surface area contributed by atoms with Crippen LogP contribution in [0.1, 0.15) is 38.1 Å². The van der Waals surface area contributed by atoms with Gasteiger partial charge >= 0.3 is 0 Å². The van der Waals surface area contributed by atoms with Crippen molar-refractivity contribution < 1.29 is 13.9 Å². The number of para-hydroxylation sites is 1. The summed E-state index contributed by atoms with van der Waals surface area (Å²) in [6.45, 7) is 0.309. The molecule has 0 saturated carbocycles. The Morgan fingerprint density at radius 1 is 0.875 bits per heavy atom. The minimum atomic E-state index is -0.400. The van der Waals surface area contributed by atoms with Gasteiger partial charge in [0.05, 0.1) is 5.56 Å². The van der Waals surface area contributed by atoms with E-state index in [-0.39, 0.29) is 11.7 Å². The standard InChI is InChI=1S/C26H21FN2O2S/c27-19-12-10-18(11-13-19)16-31-23-9-5-4-8-21(23)24-28-25(30)22-15-20(32-26(22)29-24)14-17-6-2-1-3-7-17/h1-13,15,24,29H,14,16H2,(H,28,30). The molecule has 2 N–H and O–H groups in total. The fourth-order valence-electron chi connectivity index (χ4n) is 3.73. The number of fused-ring (bicyclic) bond motifs is 1. The molecule has 1 aromatic heterocycles. The van der Waals surface area contributed by atoms with E-state index >= 15 is 0 Å². The van der Waals surface area contributed by atoms with E-state index in [9.17, 15) is 9.18 Å². The van der Waals surface area contributed by atoms with Gasteiger partial charge < -0.3 is 15.4 Å². The van der Waals surface area contributed by atoms with Crippen LogP contribution in [0, 0.1) is 5.82 Å². The Labute approximate surface area is 189 Å². The van der Waals surface area contributed by atoms with Crippen LogP contribution in [0.2, 0.25) is 0 Å². The topological polar surface area (TPSA) is 50.4 Å². The smallest absolute Gasteiger partial charge is 0.256 e. The fourth-order valence-corrected chi connectivity index (χ4v) is 4.84. The lowest BCUT2D eigenvalue weighted by molar-refractivity contribution is 0.0936. The molecule has 0 bridgehead atoms. The van der Waals surface area contributed by atoms with Gasteiger partial charge in [-0.1, -0.05) is 60.7 Å². The van der Waals surface area contributed by atoms with Crippen molar-refractivity contribution in [3.8, 4) is 5.75 Å². The molecule has 1 aliphatic rings. The minimum absolute atomic E-state index is 0.104. The Bertz CT molecular complexity index is 1240. The molecule has 3 aromatic carbocycles. The number of carbonyl (C=O) groups is 1. The lowest BCUT2D eigenvalue weighted by atomic mass is 10.1. The first-order valence-electron chi connectivity index (χ1n) is 10.4. The Balaban J connectivity index is 1.34. The first-order chi connectivity index (χ1) is 15.7. The molecule has 1 amide bonds. The number of benzene rings is 3. The number of rotatable bonds is 6. The highest BCUT2D eigenvalue weighted by atomic mass is 32.1. The molecule has 4 nitrogen and oxygen atoms in total. The monoisotopic (exact) mass is 444 g/mol. The number of hydrogen-bond acceptors (Lipinski definition) is 4. The third-order valence-corrected chi connectivity index (χ3v) is 6.40. The zero-order valence-corrected chi connectivity index (χ0v) is 18.0. The van der Waals surface area contributed by atoms with Crippen molar-refractivity contribution in [1.29, 1.82) is 0 Å². The van der Waals surface area contributed by atoms with E-state index in [1.165, 1.54) is 17.7 Å². The number of hydrogen-bond donors (Lipinski definition) is 2. The molecular formula is C26H21FN2O2S. The zero-order valence-electron chi connectivity index (χ0n) is 17.2. The van der Waals surface area contributed by atoms with E-state index in [4.69, 9.17) is 4.74 Å². The zero-order chi connectivity index (χ0) is 21.9. The predicted octanol–water partition coefficient (Wildman–Crippen LogP) is 5.91. The molecule has 0 saturated heterocycles. The van der Waals surface area contributed by atoms with Crippen molar-refractivity contribution in [2.24, 2.45) is 0 Å². The molecule has 32 heavy (non-hydrogen) atoms. The molecule has 0 radical (unpaired) electrons. The molecule has 1 unspecified atom stereocenters. The summed E-state index contributed by atoms with van der Waals surface area (Å²) in [5, 5.41) is 7.35. The molecule has 0 aliphatic carbocycles. The average molecular weight is 445 g/mol. The van der Waals surface area contributed by atoms with E-state index < -0.39 is 6.17 Å². The van der Waals surface area contributed by atoms with Gasteiger partial charge in [0.2, 0.25) is 0 Å². The van der Waals surface area contributed by atoms with Gasteiger partial charge in [0.15, 0.2) is 0 Å². The lowest BCUT2D eigenvalue weighted by Crippen LogP contribution is -2.37. The molecule has 0 spiro atoms. The van der Waals surface area contributed by atoms with Crippen LogP contribution < -0.4 is 15.4 Å². The van der Waals surface area contributed by atoms with Crippen LogP contribution >= 0.6 is 11.3 Å². The highest BCUT2D eigenvalue weighted by Gasteiger charge is 2.28. The van der Waals surface area contributed by atoms with Crippen LogP contribution in [-0.4, -0.2) is 5.91 Å². The van der Waals surface area contributed by atoms with Crippen LogP contribution in [0.25, 0.3) is 0 Å². The lowest BCUT2D eigenvalue weighted by Gasteiger charge is -2.27. The Morgan fingerprint density at radius 2 is 1.62 bits per heavy atom. The SMILES string of the molecule is O=C1NC(c2ccccc2OCc2ccc(F)cc2)Nc2sc(Cc3ccccc3)cc21. The number of carbonyl (C=O) groups excluding carboxylic acids is 1. The average Bonchev–Trinajstić information content (AvgIpc) is 3.22. The number of amides is 1. The minimum Gasteiger partial charge on any atom is -0.488 e. The van der Waals surface area contributed by atoms with Crippen LogP contribution in [0.4, 0.5) is 9.39 Å². The van der Waals surface area contributed by atoms with Gasteiger partial charge in [0, 0.05) is 16.9 Å². The molecule has 1 atom stereocenters. The van der Waals surface area contributed by atoms with Crippen molar-refractivity contribution in [3.05, 3.63) is 118 Å². The van der Waals surface area contributed by atoms with Crippen molar-refractivity contribution >= 4 is 22.2 Å². The second kappa shape index (κ2) is 8.85. The van der Waals surface area contributed by atoms with Crippen LogP contribution in [0.15, 0.2) is 84.9 Å². The molecule has 0 fully saturated rings. The summed E-state index contributed by atoms with van der Waals surface area (Å²) < 4.78 is 19.2. The first-order valence-corrected chi connectivity index (χ1v) is 11.2. The molecule has 1 aliphatic heterocycles. The van der Waals surface area contributed by atoms with Crippen molar-refractivity contribution in [3.63, 3.8) is 0 Å². The van der Waals surface area contributed by atoms with E-state index in [0.717, 1.165) is 27.4 Å². The van der Waals surface area contributed by atoms with Gasteiger partial charge in [0.25, 0.3) is 5.91 Å². The number of halogens is 1. The third kappa shape index (κ3) is 4.36. The molecule has 5 rings (SSSR count). The number of thiophene rings is 1. The third-order valence-electron chi connectivity index (χ3n) is 5.34. The van der Waals surface area contributed by atoms with Gasteiger partial charge in [0.1, 0.15) is 29.3 Å². The molecule has 6 heteroatoms. The van der Waals surface area contributed by atoms with E-state index in [0.29, 0.717) is 17.9 Å². The fraction of sp³-hybridized carbons (Fsp3) is 0.115. The van der Waals surface area contributed by atoms with E-state index in [2.05, 4.69) is 22.8 Å². The summed E-state index contributed by atoms with van der Waals surface area (Å²) in [6, 6.07) is 26.0. The summed E-state index contributed by atoms with van der Waals surface area (Å²) >= 11 is 1.60. The molecule has 2 heterocycles. The first kappa shape index (κ1) is 20.3. The normalized spacial score (nSPS) is 14.9. The highest BCUT2D eigenvalue weighted by molar-refractivity contribution is 7.16. The van der Waals surface area contributed by atoms with Crippen LogP contribution in [0.5, 0.6) is 5.75 Å². The van der Waals surface area contributed by atoms with Gasteiger partial charge in [-0.3, -0.25) is 4.79 Å². The maximum Gasteiger partial charge on any atom is 0.256 e. The predicted molar refractivity (Wildman–Crippen MR) is 125 cm³/mol. The second-order valence-electron chi connectivity index (χ2n) is 7.62. The molecular weight excluding hydrogens is 423 g/mol. The van der Waals surface area contributed by atoms with Gasteiger partial charge in [-0.2, -0.15) is 0 Å². The quantitative estimate of drug-likeness (QED) is 0.389. The largest absolute Gasteiger partial charge is 0.488 e. The van der Waals surface area contributed by atoms with Gasteiger partial charge in [-0.25, -0.2) is 4.39 Å². The maximum atomic E-state index is 13.2. The summed E-state index contributed by atoms with van der Waals surface area (Å²) in [5.41, 5.74) is 3.59. The van der Waals surface area contributed by atoms with Gasteiger partial charge in [-0.15, -0.1) is 11.3 Å². The van der Waals surface area contributed by atoms with Crippen LogP contribution in [0.3, 0.4) is 0 Å². The van der Waals surface area contributed by atoms with Gasteiger partial charge in [-0.05, 0) is 35.4 Å². The molecule has 160 valence electrons. The summed E-state index contributed by atoms with van der Waals surface area (Å²) in [5.74, 6) is 0.286.